The van der Waals surface area contributed by atoms with Crippen molar-refractivity contribution in [3.8, 4) is 0 Å². The Bertz CT molecular complexity index is 1780. The van der Waals surface area contributed by atoms with Gasteiger partial charge in [0.05, 0.1) is 24.9 Å². The van der Waals surface area contributed by atoms with Crippen LogP contribution < -0.4 is 22.0 Å². The van der Waals surface area contributed by atoms with E-state index < -0.39 is 0 Å². The van der Waals surface area contributed by atoms with Gasteiger partial charge in [-0.2, -0.15) is 0 Å². The molecule has 0 saturated carbocycles. The fourth-order valence-corrected chi connectivity index (χ4v) is 7.86. The van der Waals surface area contributed by atoms with Gasteiger partial charge < -0.3 is 23.8 Å². The average molecular weight is 587 g/mol. The van der Waals surface area contributed by atoms with Gasteiger partial charge in [0.2, 0.25) is 0 Å². The lowest BCUT2D eigenvalue weighted by Gasteiger charge is -2.23. The molecule has 3 aromatic heterocycles. The molecule has 43 heavy (non-hydrogen) atoms. The molecule has 230 valence electrons. The molecule has 0 amide bonds. The minimum Gasteiger partial charge on any atom is -0.387 e. The number of ether oxygens (including phenoxy) is 1. The summed E-state index contributed by atoms with van der Waals surface area (Å²) in [4.78, 5) is 39.7. The van der Waals surface area contributed by atoms with Gasteiger partial charge in [-0.3, -0.25) is 14.4 Å². The molecule has 0 aromatic carbocycles. The van der Waals surface area contributed by atoms with Gasteiger partial charge in [0, 0.05) is 72.7 Å². The van der Waals surface area contributed by atoms with E-state index in [1.807, 2.05) is 46.7 Å². The van der Waals surface area contributed by atoms with Crippen LogP contribution in [0.3, 0.4) is 0 Å². The van der Waals surface area contributed by atoms with Crippen molar-refractivity contribution in [1.29, 1.82) is 0 Å². The van der Waals surface area contributed by atoms with Crippen molar-refractivity contribution < 1.29 is 4.74 Å². The van der Waals surface area contributed by atoms with Crippen molar-refractivity contribution in [2.75, 3.05) is 19.0 Å². The quantitative estimate of drug-likeness (QED) is 0.426. The van der Waals surface area contributed by atoms with Crippen LogP contribution in [0.4, 0.5) is 5.69 Å². The number of aryl methyl sites for hydroxylation is 4. The van der Waals surface area contributed by atoms with Crippen LogP contribution in [0.5, 0.6) is 0 Å². The van der Waals surface area contributed by atoms with Crippen LogP contribution >= 0.6 is 0 Å². The van der Waals surface area contributed by atoms with Crippen LogP contribution in [0.15, 0.2) is 32.6 Å². The highest BCUT2D eigenvalue weighted by atomic mass is 16.5. The van der Waals surface area contributed by atoms with E-state index in [-0.39, 0.29) is 28.2 Å². The minimum absolute atomic E-state index is 0.0482. The second-order valence-electron chi connectivity index (χ2n) is 13.9. The lowest BCUT2D eigenvalue weighted by atomic mass is 9.82. The molecule has 0 spiro atoms. The summed E-state index contributed by atoms with van der Waals surface area (Å²) in [5.41, 5.74) is 9.21. The largest absolute Gasteiger partial charge is 0.387 e. The van der Waals surface area contributed by atoms with Crippen molar-refractivity contribution >= 4 is 5.69 Å². The Morgan fingerprint density at radius 3 is 2.30 bits per heavy atom. The molecule has 6 rings (SSSR count). The highest BCUT2D eigenvalue weighted by Gasteiger charge is 2.36. The fraction of sp³-hybridized carbons (Fsp3) is 0.571. The van der Waals surface area contributed by atoms with E-state index in [9.17, 15) is 14.4 Å². The lowest BCUT2D eigenvalue weighted by Crippen LogP contribution is -2.29. The first kappa shape index (κ1) is 29.7. The molecular formula is C35H46N4O4. The molecule has 8 heteroatoms. The predicted octanol–water partition coefficient (Wildman–Crippen LogP) is 4.27. The Kier molecular flexibility index (Phi) is 7.56. The lowest BCUT2D eigenvalue weighted by molar-refractivity contribution is 0.0561. The molecule has 1 N–H and O–H groups in total. The van der Waals surface area contributed by atoms with Gasteiger partial charge in [0.25, 0.3) is 16.7 Å². The molecule has 0 saturated heterocycles. The highest BCUT2D eigenvalue weighted by molar-refractivity contribution is 5.52. The smallest absolute Gasteiger partial charge is 0.254 e. The molecule has 0 radical (unpaired) electrons. The van der Waals surface area contributed by atoms with Crippen molar-refractivity contribution in [2.24, 2.45) is 11.3 Å². The van der Waals surface area contributed by atoms with Crippen LogP contribution in [-0.4, -0.2) is 33.5 Å². The normalized spacial score (nSPS) is 23.8. The van der Waals surface area contributed by atoms with Gasteiger partial charge >= 0.3 is 0 Å². The van der Waals surface area contributed by atoms with Crippen molar-refractivity contribution in [2.45, 2.75) is 105 Å². The summed E-state index contributed by atoms with van der Waals surface area (Å²) in [5, 5.41) is 3.33. The van der Waals surface area contributed by atoms with Gasteiger partial charge in [-0.05, 0) is 80.7 Å². The van der Waals surface area contributed by atoms with E-state index in [1.165, 1.54) is 0 Å². The molecule has 3 aliphatic heterocycles. The van der Waals surface area contributed by atoms with E-state index in [1.54, 1.807) is 0 Å². The van der Waals surface area contributed by atoms with E-state index in [4.69, 9.17) is 4.74 Å². The number of anilines is 1. The summed E-state index contributed by atoms with van der Waals surface area (Å²) in [6.45, 7) is 15.1. The van der Waals surface area contributed by atoms with Gasteiger partial charge in [0.1, 0.15) is 0 Å². The molecule has 8 nitrogen and oxygen atoms in total. The fourth-order valence-electron chi connectivity index (χ4n) is 7.86. The minimum atomic E-state index is -0.0958. The molecular weight excluding hydrogens is 540 g/mol. The molecule has 0 bridgehead atoms. The van der Waals surface area contributed by atoms with Crippen LogP contribution in [0, 0.1) is 32.1 Å². The van der Waals surface area contributed by atoms with Gasteiger partial charge in [-0.15, -0.1) is 0 Å². The van der Waals surface area contributed by atoms with E-state index in [0.717, 1.165) is 76.4 Å². The summed E-state index contributed by atoms with van der Waals surface area (Å²) in [7, 11) is 1.93. The molecule has 3 aromatic rings. The maximum absolute atomic E-state index is 13.6. The third-order valence-electron chi connectivity index (χ3n) is 10.6. The number of rotatable bonds is 8. The molecule has 0 aliphatic carbocycles. The number of hydrogen-bond acceptors (Lipinski definition) is 5. The summed E-state index contributed by atoms with van der Waals surface area (Å²) in [5.74, 6) is 0.798. The van der Waals surface area contributed by atoms with E-state index >= 15 is 0 Å². The monoisotopic (exact) mass is 586 g/mol. The first-order valence-corrected chi connectivity index (χ1v) is 15.9. The molecule has 0 fully saturated rings. The predicted molar refractivity (Wildman–Crippen MR) is 171 cm³/mol. The zero-order chi connectivity index (χ0) is 30.8. The number of aromatic nitrogens is 3. The third kappa shape index (κ3) is 5.11. The maximum Gasteiger partial charge on any atom is 0.254 e. The Morgan fingerprint density at radius 1 is 0.860 bits per heavy atom. The average Bonchev–Trinajstić information content (AvgIpc) is 3.65. The number of pyridine rings is 3. The molecule has 3 aliphatic rings. The first-order valence-electron chi connectivity index (χ1n) is 15.9. The number of hydrogen-bond donors (Lipinski definition) is 1. The zero-order valence-electron chi connectivity index (χ0n) is 26.8. The SMILES string of the molecule is CNc1cc(CCC2(C)Cc3c(C)cc(CCOC4Cc5c(C)cc(C)c(=O)n5C4)c(=O)n3C2)c(=O)n2c1C(C)C(C)C2. The summed E-state index contributed by atoms with van der Waals surface area (Å²) in [6.07, 6.45) is 3.59. The van der Waals surface area contributed by atoms with E-state index in [2.05, 4.69) is 39.1 Å². The van der Waals surface area contributed by atoms with Crippen LogP contribution in [0.1, 0.15) is 78.0 Å². The second kappa shape index (κ2) is 11.0. The Balaban J connectivity index is 1.13. The van der Waals surface area contributed by atoms with Crippen molar-refractivity contribution in [1.82, 2.24) is 13.7 Å². The zero-order valence-corrected chi connectivity index (χ0v) is 26.8. The Hall–Kier alpha value is -3.39. The summed E-state index contributed by atoms with van der Waals surface area (Å²) < 4.78 is 12.0. The first-order chi connectivity index (χ1) is 20.4. The summed E-state index contributed by atoms with van der Waals surface area (Å²) in [6, 6.07) is 6.06. The Labute approximate surface area is 253 Å². The van der Waals surface area contributed by atoms with Crippen molar-refractivity contribution in [3.05, 3.63) is 94.2 Å². The van der Waals surface area contributed by atoms with Crippen molar-refractivity contribution in [3.63, 3.8) is 0 Å². The standard InChI is InChI=1S/C35H46N4O4/c1-20-12-22(3)32(40)37-18-27(15-29(20)37)43-11-9-26-13-21(2)30-16-35(6,19-39(30)34(26)42)10-8-25-14-28(36-7)31-24(5)23(4)17-38(31)33(25)41/h12-14,23-24,27,36H,8-11,15-19H2,1-7H3. The number of nitrogens with one attached hydrogen (secondary N) is 1. The molecule has 4 atom stereocenters. The molecule has 6 heterocycles. The number of fused-ring (bicyclic) bond motifs is 3. The topological polar surface area (TPSA) is 87.3 Å². The van der Waals surface area contributed by atoms with Gasteiger partial charge in [-0.1, -0.05) is 20.8 Å². The van der Waals surface area contributed by atoms with Crippen LogP contribution in [0.2, 0.25) is 0 Å². The highest BCUT2D eigenvalue weighted by Crippen LogP contribution is 2.39. The van der Waals surface area contributed by atoms with Gasteiger partial charge in [-0.25, -0.2) is 0 Å². The second-order valence-corrected chi connectivity index (χ2v) is 13.9. The van der Waals surface area contributed by atoms with E-state index in [0.29, 0.717) is 44.4 Å². The van der Waals surface area contributed by atoms with Crippen LogP contribution in [0.25, 0.3) is 0 Å². The van der Waals surface area contributed by atoms with Gasteiger partial charge in [0.15, 0.2) is 0 Å². The van der Waals surface area contributed by atoms with Crippen LogP contribution in [-0.2, 0) is 50.1 Å². The maximum atomic E-state index is 13.6. The Morgan fingerprint density at radius 2 is 1.56 bits per heavy atom. The number of nitrogens with zero attached hydrogens (tertiary/aromatic N) is 3. The summed E-state index contributed by atoms with van der Waals surface area (Å²) >= 11 is 0. The molecule has 4 unspecified atom stereocenters. The third-order valence-corrected chi connectivity index (χ3v) is 10.6.